The number of nitrogens with one attached hydrogen (secondary N) is 1. The van der Waals surface area contributed by atoms with E-state index in [4.69, 9.17) is 10.1 Å². The summed E-state index contributed by atoms with van der Waals surface area (Å²) >= 11 is 0. The SMILES string of the molecule is CCn1cc(-c2ccnc(Nc3ccc(C(=O)N4CCN(C(C)(C)C)CC4)cc3)n2)c(-c2cccnc2)n1. The van der Waals surface area contributed by atoms with Crippen LogP contribution in [0, 0.1) is 0 Å². The van der Waals surface area contributed by atoms with Crippen molar-refractivity contribution in [3.05, 3.63) is 72.8 Å². The number of carbonyl (C=O) groups excluding carboxylic acids is 1. The lowest BCUT2D eigenvalue weighted by atomic mass is 10.0. The van der Waals surface area contributed by atoms with Crippen molar-refractivity contribution in [2.24, 2.45) is 0 Å². The first-order valence-corrected chi connectivity index (χ1v) is 13.0. The van der Waals surface area contributed by atoms with Crippen LogP contribution in [0.4, 0.5) is 11.6 Å². The highest BCUT2D eigenvalue weighted by Crippen LogP contribution is 2.30. The standard InChI is InChI=1S/C29H34N8O/c1-5-37-20-24(26(34-37)22-7-6-13-30-19-22)25-12-14-31-28(33-25)32-23-10-8-21(9-11-23)27(38)35-15-17-36(18-16-35)29(2,3)4/h6-14,19-20H,5,15-18H2,1-4H3,(H,31,32,33). The molecule has 9 nitrogen and oxygen atoms in total. The number of hydrogen-bond acceptors (Lipinski definition) is 7. The summed E-state index contributed by atoms with van der Waals surface area (Å²) in [6, 6.07) is 13.3. The van der Waals surface area contributed by atoms with Crippen molar-refractivity contribution in [1.29, 1.82) is 0 Å². The zero-order valence-corrected chi connectivity index (χ0v) is 22.4. The molecule has 3 aromatic heterocycles. The summed E-state index contributed by atoms with van der Waals surface area (Å²) in [7, 11) is 0. The molecule has 0 bridgehead atoms. The van der Waals surface area contributed by atoms with Crippen LogP contribution in [0.2, 0.25) is 0 Å². The number of nitrogens with zero attached hydrogens (tertiary/aromatic N) is 7. The van der Waals surface area contributed by atoms with Gasteiger partial charge in [-0.3, -0.25) is 19.4 Å². The molecule has 196 valence electrons. The van der Waals surface area contributed by atoms with E-state index in [2.05, 4.69) is 47.9 Å². The predicted octanol–water partition coefficient (Wildman–Crippen LogP) is 4.72. The summed E-state index contributed by atoms with van der Waals surface area (Å²) in [5, 5.41) is 8.00. The Hall–Kier alpha value is -4.11. The van der Waals surface area contributed by atoms with Crippen LogP contribution in [-0.2, 0) is 6.54 Å². The highest BCUT2D eigenvalue weighted by molar-refractivity contribution is 5.94. The molecule has 0 spiro atoms. The second-order valence-electron chi connectivity index (χ2n) is 10.4. The number of carbonyl (C=O) groups is 1. The van der Waals surface area contributed by atoms with Crippen LogP contribution in [0.3, 0.4) is 0 Å². The van der Waals surface area contributed by atoms with Crippen LogP contribution in [0.25, 0.3) is 22.5 Å². The molecule has 0 atom stereocenters. The van der Waals surface area contributed by atoms with Gasteiger partial charge in [0.2, 0.25) is 5.95 Å². The lowest BCUT2D eigenvalue weighted by molar-refractivity contribution is 0.0451. The number of aromatic nitrogens is 5. The Morgan fingerprint density at radius 1 is 1.00 bits per heavy atom. The predicted molar refractivity (Wildman–Crippen MR) is 149 cm³/mol. The van der Waals surface area contributed by atoms with Gasteiger partial charge < -0.3 is 10.2 Å². The fourth-order valence-electron chi connectivity index (χ4n) is 4.64. The van der Waals surface area contributed by atoms with Crippen molar-refractivity contribution in [2.75, 3.05) is 31.5 Å². The fourth-order valence-corrected chi connectivity index (χ4v) is 4.64. The van der Waals surface area contributed by atoms with E-state index in [9.17, 15) is 4.79 Å². The Morgan fingerprint density at radius 3 is 2.42 bits per heavy atom. The molecule has 1 aliphatic heterocycles. The Balaban J connectivity index is 1.29. The molecule has 38 heavy (non-hydrogen) atoms. The summed E-state index contributed by atoms with van der Waals surface area (Å²) in [6.07, 6.45) is 7.28. The average molecular weight is 511 g/mol. The maximum absolute atomic E-state index is 13.1. The van der Waals surface area contributed by atoms with E-state index in [1.807, 2.05) is 58.2 Å². The van der Waals surface area contributed by atoms with Crippen molar-refractivity contribution in [3.63, 3.8) is 0 Å². The van der Waals surface area contributed by atoms with E-state index >= 15 is 0 Å². The lowest BCUT2D eigenvalue weighted by Gasteiger charge is -2.42. The van der Waals surface area contributed by atoms with Gasteiger partial charge in [-0.05, 0) is 70.2 Å². The fraction of sp³-hybridized carbons (Fsp3) is 0.345. The van der Waals surface area contributed by atoms with Gasteiger partial charge in [0.1, 0.15) is 5.69 Å². The molecule has 4 heterocycles. The van der Waals surface area contributed by atoms with Gasteiger partial charge in [0.25, 0.3) is 5.91 Å². The van der Waals surface area contributed by atoms with Crippen LogP contribution in [0.15, 0.2) is 67.3 Å². The Morgan fingerprint density at radius 2 is 1.76 bits per heavy atom. The van der Waals surface area contributed by atoms with Crippen LogP contribution < -0.4 is 5.32 Å². The lowest BCUT2D eigenvalue weighted by Crippen LogP contribution is -2.54. The topological polar surface area (TPSA) is 92.1 Å². The Bertz CT molecular complexity index is 1380. The van der Waals surface area contributed by atoms with E-state index in [0.717, 1.165) is 60.9 Å². The smallest absolute Gasteiger partial charge is 0.253 e. The third-order valence-corrected chi connectivity index (χ3v) is 6.86. The molecule has 1 amide bonds. The van der Waals surface area contributed by atoms with Gasteiger partial charge >= 0.3 is 0 Å². The number of amides is 1. The van der Waals surface area contributed by atoms with Gasteiger partial charge in [0, 0.05) is 85.4 Å². The Labute approximate surface area is 223 Å². The van der Waals surface area contributed by atoms with Crippen LogP contribution in [-0.4, -0.2) is 72.2 Å². The maximum atomic E-state index is 13.1. The maximum Gasteiger partial charge on any atom is 0.253 e. The van der Waals surface area contributed by atoms with Crippen LogP contribution >= 0.6 is 0 Å². The quantitative estimate of drug-likeness (QED) is 0.401. The molecule has 0 aliphatic carbocycles. The molecular formula is C29H34N8O. The van der Waals surface area contributed by atoms with E-state index in [-0.39, 0.29) is 11.4 Å². The molecule has 5 rings (SSSR count). The number of anilines is 2. The molecule has 1 aliphatic rings. The zero-order valence-electron chi connectivity index (χ0n) is 22.4. The van der Waals surface area contributed by atoms with Gasteiger partial charge in [0.05, 0.1) is 5.69 Å². The number of piperazine rings is 1. The van der Waals surface area contributed by atoms with Crippen molar-refractivity contribution >= 4 is 17.5 Å². The van der Waals surface area contributed by atoms with Crippen molar-refractivity contribution in [2.45, 2.75) is 39.8 Å². The van der Waals surface area contributed by atoms with E-state index in [1.165, 1.54) is 0 Å². The van der Waals surface area contributed by atoms with Gasteiger partial charge in [-0.1, -0.05) is 0 Å². The second-order valence-corrected chi connectivity index (χ2v) is 10.4. The highest BCUT2D eigenvalue weighted by Gasteiger charge is 2.28. The second kappa shape index (κ2) is 10.7. The highest BCUT2D eigenvalue weighted by atomic mass is 16.2. The summed E-state index contributed by atoms with van der Waals surface area (Å²) in [6.45, 7) is 12.7. The average Bonchev–Trinajstić information content (AvgIpc) is 3.38. The first kappa shape index (κ1) is 25.5. The Kier molecular flexibility index (Phi) is 7.20. The molecule has 1 N–H and O–H groups in total. The van der Waals surface area contributed by atoms with E-state index < -0.39 is 0 Å². The molecular weight excluding hydrogens is 476 g/mol. The molecule has 1 saturated heterocycles. The summed E-state index contributed by atoms with van der Waals surface area (Å²) in [5.74, 6) is 0.542. The zero-order chi connectivity index (χ0) is 26.7. The molecule has 1 fully saturated rings. The number of pyridine rings is 1. The van der Waals surface area contributed by atoms with E-state index in [1.54, 1.807) is 18.6 Å². The third kappa shape index (κ3) is 5.57. The minimum atomic E-state index is 0.0687. The number of rotatable bonds is 6. The van der Waals surface area contributed by atoms with Crippen LogP contribution in [0.1, 0.15) is 38.1 Å². The van der Waals surface area contributed by atoms with Crippen molar-refractivity contribution < 1.29 is 4.79 Å². The molecule has 9 heteroatoms. The number of aryl methyl sites for hydroxylation is 1. The first-order valence-electron chi connectivity index (χ1n) is 13.0. The molecule has 0 unspecified atom stereocenters. The van der Waals surface area contributed by atoms with Gasteiger partial charge in [0.15, 0.2) is 0 Å². The summed E-state index contributed by atoms with van der Waals surface area (Å²) < 4.78 is 1.89. The number of hydrogen-bond donors (Lipinski definition) is 1. The summed E-state index contributed by atoms with van der Waals surface area (Å²) in [4.78, 5) is 30.8. The van der Waals surface area contributed by atoms with Crippen molar-refractivity contribution in [3.8, 4) is 22.5 Å². The molecule has 0 radical (unpaired) electrons. The molecule has 4 aromatic rings. The molecule has 1 aromatic carbocycles. The van der Waals surface area contributed by atoms with Gasteiger partial charge in [-0.2, -0.15) is 5.10 Å². The minimum absolute atomic E-state index is 0.0687. The van der Waals surface area contributed by atoms with Crippen LogP contribution in [0.5, 0.6) is 0 Å². The first-order chi connectivity index (χ1) is 18.3. The largest absolute Gasteiger partial charge is 0.336 e. The van der Waals surface area contributed by atoms with Crippen molar-refractivity contribution in [1.82, 2.24) is 34.5 Å². The monoisotopic (exact) mass is 510 g/mol. The van der Waals surface area contributed by atoms with E-state index in [0.29, 0.717) is 11.5 Å². The third-order valence-electron chi connectivity index (χ3n) is 6.86. The normalized spacial score (nSPS) is 14.5. The summed E-state index contributed by atoms with van der Waals surface area (Å²) in [5.41, 5.74) is 5.06. The van der Waals surface area contributed by atoms with Gasteiger partial charge in [-0.25, -0.2) is 9.97 Å². The van der Waals surface area contributed by atoms with Gasteiger partial charge in [-0.15, -0.1) is 0 Å². The minimum Gasteiger partial charge on any atom is -0.336 e. The molecule has 0 saturated carbocycles. The number of benzene rings is 1.